The summed E-state index contributed by atoms with van der Waals surface area (Å²) in [5, 5.41) is 10.3. The molecule has 1 N–H and O–H groups in total. The van der Waals surface area contributed by atoms with Crippen LogP contribution in [0.25, 0.3) is 0 Å². The third kappa shape index (κ3) is 2.81. The number of ketones is 1. The Bertz CT molecular complexity index is 501. The van der Waals surface area contributed by atoms with Gasteiger partial charge in [-0.1, -0.05) is 0 Å². The van der Waals surface area contributed by atoms with Gasteiger partial charge in [-0.3, -0.25) is 4.79 Å². The lowest BCUT2D eigenvalue weighted by Gasteiger charge is -2.53. The summed E-state index contributed by atoms with van der Waals surface area (Å²) in [7, 11) is 0. The molecule has 0 aromatic carbocycles. The van der Waals surface area contributed by atoms with E-state index in [0.29, 0.717) is 18.3 Å². The molecule has 2 nitrogen and oxygen atoms in total. The first kappa shape index (κ1) is 17.2. The van der Waals surface area contributed by atoms with Crippen molar-refractivity contribution in [2.45, 2.75) is 82.2 Å². The summed E-state index contributed by atoms with van der Waals surface area (Å²) in [4.78, 5) is 11.8. The molecule has 0 saturated heterocycles. The molecule has 23 heavy (non-hydrogen) atoms. The van der Waals surface area contributed by atoms with Crippen molar-refractivity contribution in [3.63, 3.8) is 0 Å². The molecular weight excluding hydrogens is 312 g/mol. The molecule has 1 spiro atoms. The van der Waals surface area contributed by atoms with Crippen molar-refractivity contribution in [1.29, 1.82) is 0 Å². The molecule has 4 unspecified atom stereocenters. The second kappa shape index (κ2) is 5.17. The van der Waals surface area contributed by atoms with E-state index in [-0.39, 0.29) is 24.5 Å². The van der Waals surface area contributed by atoms with Crippen molar-refractivity contribution in [2.24, 2.45) is 17.3 Å². The molecule has 0 amide bonds. The SMILES string of the molecule is CC(F)(F)C(F)(F)CCC(=O)CCC1CC2CC3(O)CCC12C3. The van der Waals surface area contributed by atoms with Crippen LogP contribution >= 0.6 is 0 Å². The van der Waals surface area contributed by atoms with Crippen molar-refractivity contribution in [1.82, 2.24) is 0 Å². The van der Waals surface area contributed by atoms with Gasteiger partial charge in [0.2, 0.25) is 0 Å². The first-order valence-corrected chi connectivity index (χ1v) is 8.47. The lowest BCUT2D eigenvalue weighted by molar-refractivity contribution is -0.201. The summed E-state index contributed by atoms with van der Waals surface area (Å²) < 4.78 is 51.8. The van der Waals surface area contributed by atoms with E-state index in [2.05, 4.69) is 0 Å². The number of carbonyl (C=O) groups excluding carboxylic acids is 1. The molecule has 3 rings (SSSR count). The van der Waals surface area contributed by atoms with E-state index in [1.807, 2.05) is 0 Å². The van der Waals surface area contributed by atoms with Gasteiger partial charge in [0.25, 0.3) is 0 Å². The highest BCUT2D eigenvalue weighted by Crippen LogP contribution is 2.72. The largest absolute Gasteiger partial charge is 0.390 e. The van der Waals surface area contributed by atoms with E-state index < -0.39 is 30.3 Å². The van der Waals surface area contributed by atoms with Crippen molar-refractivity contribution in [3.8, 4) is 0 Å². The Morgan fingerprint density at radius 1 is 1.22 bits per heavy atom. The number of halogens is 4. The average Bonchev–Trinajstić information content (AvgIpc) is 2.88. The van der Waals surface area contributed by atoms with Crippen LogP contribution in [0.15, 0.2) is 0 Å². The summed E-state index contributed by atoms with van der Waals surface area (Å²) in [5.74, 6) is -7.66. The highest BCUT2D eigenvalue weighted by Gasteiger charge is 2.67. The predicted octanol–water partition coefficient (Wildman–Crippen LogP) is 4.35. The monoisotopic (exact) mass is 336 g/mol. The molecular formula is C17H24F4O2. The molecule has 3 saturated carbocycles. The zero-order chi connectivity index (χ0) is 17.1. The normalized spacial score (nSPS) is 39.2. The Morgan fingerprint density at radius 3 is 2.48 bits per heavy atom. The number of Topliss-reactive ketones (excluding diaryl/α,β-unsaturated/α-hetero) is 1. The van der Waals surface area contributed by atoms with Crippen molar-refractivity contribution in [3.05, 3.63) is 0 Å². The fourth-order valence-corrected chi connectivity index (χ4v) is 5.24. The number of carbonyl (C=O) groups is 1. The summed E-state index contributed by atoms with van der Waals surface area (Å²) in [6.45, 7) is 0.187. The standard InChI is InChI=1S/C17H24F4O2/c1-14(18,19)17(20,21)5-4-13(22)3-2-11-8-12-9-15(23)6-7-16(11,12)10-15/h11-12,23H,2-10H2,1H3. The first-order valence-electron chi connectivity index (χ1n) is 8.47. The van der Waals surface area contributed by atoms with Crippen molar-refractivity contribution < 1.29 is 27.5 Å². The molecule has 0 aliphatic heterocycles. The number of rotatable bonds is 7. The Hall–Kier alpha value is -0.650. The predicted molar refractivity (Wildman–Crippen MR) is 76.5 cm³/mol. The summed E-state index contributed by atoms with van der Waals surface area (Å²) in [6, 6.07) is 0. The van der Waals surface area contributed by atoms with Crippen LogP contribution in [-0.4, -0.2) is 28.3 Å². The Labute approximate surface area is 133 Å². The van der Waals surface area contributed by atoms with E-state index in [1.165, 1.54) is 0 Å². The topological polar surface area (TPSA) is 37.3 Å². The van der Waals surface area contributed by atoms with Gasteiger partial charge in [0.1, 0.15) is 5.78 Å². The van der Waals surface area contributed by atoms with Gasteiger partial charge in [-0.15, -0.1) is 0 Å². The lowest BCUT2D eigenvalue weighted by atomic mass is 9.52. The maximum atomic E-state index is 13.2. The molecule has 0 heterocycles. The minimum atomic E-state index is -4.13. The Kier molecular flexibility index (Phi) is 3.86. The molecule has 0 aromatic heterocycles. The summed E-state index contributed by atoms with van der Waals surface area (Å²) in [6.07, 6.45) is 3.72. The highest BCUT2D eigenvalue weighted by molar-refractivity contribution is 5.78. The first-order chi connectivity index (χ1) is 10.5. The van der Waals surface area contributed by atoms with Crippen LogP contribution in [0, 0.1) is 17.3 Å². The van der Waals surface area contributed by atoms with Crippen molar-refractivity contribution in [2.75, 3.05) is 0 Å². The molecule has 4 atom stereocenters. The number of alkyl halides is 4. The highest BCUT2D eigenvalue weighted by atomic mass is 19.3. The van der Waals surface area contributed by atoms with Crippen molar-refractivity contribution >= 4 is 5.78 Å². The third-order valence-corrected chi connectivity index (χ3v) is 6.67. The third-order valence-electron chi connectivity index (χ3n) is 6.67. The lowest BCUT2D eigenvalue weighted by Crippen LogP contribution is -2.45. The number of hydrogen-bond acceptors (Lipinski definition) is 2. The molecule has 3 aliphatic carbocycles. The minimum Gasteiger partial charge on any atom is -0.390 e. The van der Waals surface area contributed by atoms with Crippen LogP contribution < -0.4 is 0 Å². The second-order valence-corrected chi connectivity index (χ2v) is 8.14. The molecule has 0 aromatic rings. The van der Waals surface area contributed by atoms with Crippen LogP contribution in [0.3, 0.4) is 0 Å². The van der Waals surface area contributed by atoms with Gasteiger partial charge in [-0.05, 0) is 55.8 Å². The quantitative estimate of drug-likeness (QED) is 0.702. The molecule has 2 bridgehead atoms. The fourth-order valence-electron chi connectivity index (χ4n) is 5.24. The fraction of sp³-hybridized carbons (Fsp3) is 0.941. The van der Waals surface area contributed by atoms with E-state index >= 15 is 0 Å². The Morgan fingerprint density at radius 2 is 1.91 bits per heavy atom. The van der Waals surface area contributed by atoms with Gasteiger partial charge in [-0.25, -0.2) is 8.78 Å². The van der Waals surface area contributed by atoms with Crippen LogP contribution in [0.1, 0.15) is 64.7 Å². The number of aliphatic hydroxyl groups is 1. The van der Waals surface area contributed by atoms with Gasteiger partial charge in [0, 0.05) is 26.2 Å². The minimum absolute atomic E-state index is 0.162. The maximum absolute atomic E-state index is 13.2. The number of hydrogen-bond donors (Lipinski definition) is 1. The van der Waals surface area contributed by atoms with Gasteiger partial charge < -0.3 is 5.11 Å². The molecule has 132 valence electrons. The van der Waals surface area contributed by atoms with Gasteiger partial charge in [-0.2, -0.15) is 8.78 Å². The van der Waals surface area contributed by atoms with E-state index in [9.17, 15) is 27.5 Å². The number of fused-ring (bicyclic) bond motifs is 1. The molecule has 3 fully saturated rings. The van der Waals surface area contributed by atoms with Gasteiger partial charge >= 0.3 is 11.8 Å². The maximum Gasteiger partial charge on any atom is 0.310 e. The van der Waals surface area contributed by atoms with Crippen LogP contribution in [0.4, 0.5) is 17.6 Å². The van der Waals surface area contributed by atoms with E-state index in [4.69, 9.17) is 0 Å². The van der Waals surface area contributed by atoms with Crippen LogP contribution in [-0.2, 0) is 4.79 Å². The zero-order valence-corrected chi connectivity index (χ0v) is 13.4. The van der Waals surface area contributed by atoms with Gasteiger partial charge in [0.05, 0.1) is 5.60 Å². The zero-order valence-electron chi connectivity index (χ0n) is 13.4. The van der Waals surface area contributed by atoms with Crippen LogP contribution in [0.2, 0.25) is 0 Å². The average molecular weight is 336 g/mol. The second-order valence-electron chi connectivity index (χ2n) is 8.14. The van der Waals surface area contributed by atoms with Crippen LogP contribution in [0.5, 0.6) is 0 Å². The molecule has 0 radical (unpaired) electrons. The molecule has 6 heteroatoms. The Balaban J connectivity index is 1.44. The smallest absolute Gasteiger partial charge is 0.310 e. The van der Waals surface area contributed by atoms with Gasteiger partial charge in [0.15, 0.2) is 0 Å². The summed E-state index contributed by atoms with van der Waals surface area (Å²) in [5.41, 5.74) is -0.354. The molecule has 3 aliphatic rings. The summed E-state index contributed by atoms with van der Waals surface area (Å²) >= 11 is 0. The van der Waals surface area contributed by atoms with E-state index in [1.54, 1.807) is 0 Å². The van der Waals surface area contributed by atoms with E-state index in [0.717, 1.165) is 32.1 Å².